The number of anilines is 1. The molecule has 202 valence electrons. The van der Waals surface area contributed by atoms with Gasteiger partial charge < -0.3 is 29.6 Å². The number of benzene rings is 2. The summed E-state index contributed by atoms with van der Waals surface area (Å²) in [7, 11) is 4.71. The highest BCUT2D eigenvalue weighted by molar-refractivity contribution is 5.99. The topological polar surface area (TPSA) is 115 Å². The van der Waals surface area contributed by atoms with Crippen molar-refractivity contribution in [1.82, 2.24) is 10.3 Å². The molecule has 2 N–H and O–H groups in total. The highest BCUT2D eigenvalue weighted by atomic mass is 16.5. The molecular weight excluding hydrogens is 496 g/mol. The Hall–Kier alpha value is -4.71. The largest absolute Gasteiger partial charge is 0.497 e. The van der Waals surface area contributed by atoms with E-state index in [1.165, 1.54) is 0 Å². The lowest BCUT2D eigenvalue weighted by Crippen LogP contribution is -2.32. The first kappa shape index (κ1) is 27.3. The number of rotatable bonds is 9. The zero-order chi connectivity index (χ0) is 28.1. The maximum Gasteiger partial charge on any atom is 0.250 e. The van der Waals surface area contributed by atoms with Crippen LogP contribution in [0.5, 0.6) is 23.1 Å². The first-order valence-electron chi connectivity index (χ1n) is 12.5. The fourth-order valence-electron chi connectivity index (χ4n) is 4.81. The summed E-state index contributed by atoms with van der Waals surface area (Å²) < 4.78 is 22.5. The fraction of sp³-hybridized carbons (Fsp3) is 0.300. The number of carbonyl (C=O) groups excluding carboxylic acids is 1. The molecule has 1 aliphatic rings. The molecule has 3 aromatic rings. The van der Waals surface area contributed by atoms with Crippen molar-refractivity contribution < 1.29 is 23.7 Å². The Labute approximate surface area is 228 Å². The van der Waals surface area contributed by atoms with Crippen LogP contribution in [-0.4, -0.2) is 38.8 Å². The van der Waals surface area contributed by atoms with Gasteiger partial charge in [-0.05, 0) is 50.6 Å². The lowest BCUT2D eigenvalue weighted by atomic mass is 9.79. The van der Waals surface area contributed by atoms with Gasteiger partial charge in [0.1, 0.15) is 17.2 Å². The van der Waals surface area contributed by atoms with Gasteiger partial charge in [-0.15, -0.1) is 0 Å². The molecular formula is C30H32N4O5. The van der Waals surface area contributed by atoms with Crippen molar-refractivity contribution in [1.29, 1.82) is 5.26 Å². The predicted molar refractivity (Wildman–Crippen MR) is 147 cm³/mol. The average molecular weight is 529 g/mol. The number of nitriles is 1. The Balaban J connectivity index is 1.83. The van der Waals surface area contributed by atoms with Gasteiger partial charge in [-0.3, -0.25) is 4.79 Å². The fourth-order valence-corrected chi connectivity index (χ4v) is 4.81. The zero-order valence-corrected chi connectivity index (χ0v) is 23.0. The number of carbonyl (C=O) groups is 1. The summed E-state index contributed by atoms with van der Waals surface area (Å²) >= 11 is 0. The van der Waals surface area contributed by atoms with Crippen LogP contribution in [0.1, 0.15) is 47.6 Å². The summed E-state index contributed by atoms with van der Waals surface area (Å²) in [5, 5.41) is 15.9. The van der Waals surface area contributed by atoms with E-state index in [0.29, 0.717) is 46.6 Å². The minimum absolute atomic E-state index is 0.233. The maximum atomic E-state index is 13.9. The van der Waals surface area contributed by atoms with E-state index in [1.807, 2.05) is 39.0 Å². The summed E-state index contributed by atoms with van der Waals surface area (Å²) in [6, 6.07) is 12.8. The Morgan fingerprint density at radius 3 is 2.51 bits per heavy atom. The Kier molecular flexibility index (Phi) is 8.25. The number of nitrogens with zero attached hydrogens (tertiary/aromatic N) is 2. The van der Waals surface area contributed by atoms with E-state index in [1.54, 1.807) is 45.7 Å². The first-order chi connectivity index (χ1) is 18.9. The van der Waals surface area contributed by atoms with E-state index in [4.69, 9.17) is 18.9 Å². The molecule has 1 amide bonds. The van der Waals surface area contributed by atoms with Crippen molar-refractivity contribution in [2.75, 3.05) is 33.3 Å². The van der Waals surface area contributed by atoms with E-state index in [0.717, 1.165) is 27.9 Å². The molecule has 0 saturated heterocycles. The number of methoxy groups -OCH3 is 3. The summed E-state index contributed by atoms with van der Waals surface area (Å²) in [5.74, 6) is 1.34. The summed E-state index contributed by atoms with van der Waals surface area (Å²) in [5.41, 5.74) is 5.63. The minimum atomic E-state index is -0.573. The number of aromatic nitrogens is 1. The van der Waals surface area contributed by atoms with E-state index >= 15 is 0 Å². The molecule has 0 radical (unpaired) electrons. The number of amides is 1. The van der Waals surface area contributed by atoms with Crippen LogP contribution in [-0.2, 0) is 11.3 Å². The number of nitrogens with one attached hydrogen (secondary N) is 2. The molecule has 1 atom stereocenters. The van der Waals surface area contributed by atoms with Gasteiger partial charge in [0.15, 0.2) is 0 Å². The SMILES string of the molecule is CCOc1ncc(C)c2c1C(c1ccc(C#N)cc1OC)C(C(=O)NCc1ccc(OC)cc1OC)=C(C)N2. The number of aryl methyl sites for hydroxylation is 1. The highest BCUT2D eigenvalue weighted by Crippen LogP contribution is 2.49. The third-order valence-electron chi connectivity index (χ3n) is 6.70. The second kappa shape index (κ2) is 11.8. The van der Waals surface area contributed by atoms with Gasteiger partial charge in [0.25, 0.3) is 0 Å². The molecule has 39 heavy (non-hydrogen) atoms. The predicted octanol–water partition coefficient (Wildman–Crippen LogP) is 4.83. The quantitative estimate of drug-likeness (QED) is 0.406. The number of ether oxygens (including phenoxy) is 4. The van der Waals surface area contributed by atoms with E-state index in [-0.39, 0.29) is 12.5 Å². The number of hydrogen-bond acceptors (Lipinski definition) is 8. The molecule has 0 aliphatic carbocycles. The third kappa shape index (κ3) is 5.32. The molecule has 1 aliphatic heterocycles. The standard InChI is InChI=1S/C30H32N4O5/c1-7-39-30-27-26(22-11-8-19(14-31)12-24(22)38-6)25(18(3)34-28(27)17(2)15-33-30)29(35)32-16-20-9-10-21(36-4)13-23(20)37-5/h8-13,15,26,34H,7,16H2,1-6H3,(H,32,35). The van der Waals surface area contributed by atoms with Crippen molar-refractivity contribution in [3.63, 3.8) is 0 Å². The van der Waals surface area contributed by atoms with Crippen molar-refractivity contribution in [3.8, 4) is 29.2 Å². The van der Waals surface area contributed by atoms with Crippen LogP contribution in [0.15, 0.2) is 53.9 Å². The molecule has 0 bridgehead atoms. The number of pyridine rings is 1. The molecule has 2 heterocycles. The van der Waals surface area contributed by atoms with Crippen LogP contribution >= 0.6 is 0 Å². The molecule has 0 saturated carbocycles. The average Bonchev–Trinajstić information content (AvgIpc) is 2.96. The van der Waals surface area contributed by atoms with Gasteiger partial charge in [0.05, 0.1) is 56.7 Å². The van der Waals surface area contributed by atoms with E-state index in [9.17, 15) is 10.1 Å². The van der Waals surface area contributed by atoms with Gasteiger partial charge in [-0.25, -0.2) is 4.98 Å². The third-order valence-corrected chi connectivity index (χ3v) is 6.70. The second-order valence-electron chi connectivity index (χ2n) is 8.99. The van der Waals surface area contributed by atoms with Crippen LogP contribution in [0.3, 0.4) is 0 Å². The van der Waals surface area contributed by atoms with Crippen molar-refractivity contribution in [2.45, 2.75) is 33.2 Å². The maximum absolute atomic E-state index is 13.9. The van der Waals surface area contributed by atoms with E-state index < -0.39 is 5.92 Å². The first-order valence-corrected chi connectivity index (χ1v) is 12.5. The van der Waals surface area contributed by atoms with Gasteiger partial charge >= 0.3 is 0 Å². The van der Waals surface area contributed by atoms with Crippen molar-refractivity contribution >= 4 is 11.6 Å². The Morgan fingerprint density at radius 1 is 1.08 bits per heavy atom. The molecule has 0 spiro atoms. The molecule has 9 nitrogen and oxygen atoms in total. The molecule has 0 fully saturated rings. The number of fused-ring (bicyclic) bond motifs is 1. The molecule has 9 heteroatoms. The van der Waals surface area contributed by atoms with Crippen molar-refractivity contribution in [2.24, 2.45) is 0 Å². The van der Waals surface area contributed by atoms with Crippen LogP contribution in [0.2, 0.25) is 0 Å². The minimum Gasteiger partial charge on any atom is -0.497 e. The van der Waals surface area contributed by atoms with Gasteiger partial charge in [0.2, 0.25) is 11.8 Å². The van der Waals surface area contributed by atoms with E-state index in [2.05, 4.69) is 21.7 Å². The second-order valence-corrected chi connectivity index (χ2v) is 8.99. The lowest BCUT2D eigenvalue weighted by molar-refractivity contribution is -0.117. The monoisotopic (exact) mass is 528 g/mol. The summed E-state index contributed by atoms with van der Waals surface area (Å²) in [6.07, 6.45) is 1.75. The lowest BCUT2D eigenvalue weighted by Gasteiger charge is -2.33. The molecule has 2 aromatic carbocycles. The van der Waals surface area contributed by atoms with Gasteiger partial charge in [-0.1, -0.05) is 6.07 Å². The summed E-state index contributed by atoms with van der Waals surface area (Å²) in [4.78, 5) is 18.5. The normalized spacial score (nSPS) is 14.0. The number of allylic oxidation sites excluding steroid dienone is 1. The zero-order valence-electron chi connectivity index (χ0n) is 23.0. The van der Waals surface area contributed by atoms with Crippen LogP contribution in [0, 0.1) is 18.3 Å². The van der Waals surface area contributed by atoms with Crippen LogP contribution in [0.4, 0.5) is 5.69 Å². The smallest absolute Gasteiger partial charge is 0.250 e. The number of hydrogen-bond donors (Lipinski definition) is 2. The Bertz CT molecular complexity index is 1470. The molecule has 1 unspecified atom stereocenters. The molecule has 4 rings (SSSR count). The van der Waals surface area contributed by atoms with Crippen LogP contribution < -0.4 is 29.6 Å². The highest BCUT2D eigenvalue weighted by Gasteiger charge is 2.37. The summed E-state index contributed by atoms with van der Waals surface area (Å²) in [6.45, 7) is 6.35. The van der Waals surface area contributed by atoms with Gasteiger partial charge in [-0.2, -0.15) is 5.26 Å². The van der Waals surface area contributed by atoms with Crippen LogP contribution in [0.25, 0.3) is 0 Å². The molecule has 1 aromatic heterocycles. The van der Waals surface area contributed by atoms with Crippen molar-refractivity contribution in [3.05, 3.63) is 81.7 Å². The van der Waals surface area contributed by atoms with Gasteiger partial charge in [0, 0.05) is 41.2 Å². The Morgan fingerprint density at radius 2 is 1.85 bits per heavy atom.